The van der Waals surface area contributed by atoms with E-state index in [0.717, 1.165) is 17.8 Å². The minimum absolute atomic E-state index is 0.0565. The monoisotopic (exact) mass is 267 g/mol. The third-order valence-corrected chi connectivity index (χ3v) is 3.47. The van der Waals surface area contributed by atoms with Crippen molar-refractivity contribution in [2.24, 2.45) is 5.73 Å². The highest BCUT2D eigenvalue weighted by Crippen LogP contribution is 2.26. The minimum atomic E-state index is -0.177. The molecule has 4 nitrogen and oxygen atoms in total. The Labute approximate surface area is 112 Å². The van der Waals surface area contributed by atoms with E-state index in [4.69, 9.17) is 17.3 Å². The van der Waals surface area contributed by atoms with Crippen molar-refractivity contribution in [3.05, 3.63) is 28.8 Å². The Morgan fingerprint density at radius 2 is 2.33 bits per heavy atom. The van der Waals surface area contributed by atoms with E-state index >= 15 is 0 Å². The molecule has 98 valence electrons. The zero-order chi connectivity index (χ0) is 13.1. The van der Waals surface area contributed by atoms with E-state index in [2.05, 4.69) is 10.2 Å². The number of nitrogens with two attached hydrogens (primary N) is 1. The fourth-order valence-corrected chi connectivity index (χ4v) is 2.62. The van der Waals surface area contributed by atoms with E-state index in [1.54, 1.807) is 0 Å². The number of nitrogens with one attached hydrogen (secondary N) is 1. The second-order valence-electron chi connectivity index (χ2n) is 4.51. The van der Waals surface area contributed by atoms with E-state index in [1.165, 1.54) is 0 Å². The van der Waals surface area contributed by atoms with Gasteiger partial charge >= 0.3 is 0 Å². The Bertz CT molecular complexity index is 450. The Morgan fingerprint density at radius 3 is 3.00 bits per heavy atom. The van der Waals surface area contributed by atoms with Crippen LogP contribution in [-0.4, -0.2) is 31.6 Å². The summed E-state index contributed by atoms with van der Waals surface area (Å²) in [5.74, 6) is 0.0565. The second kappa shape index (κ2) is 5.59. The fourth-order valence-electron chi connectivity index (χ4n) is 2.39. The average Bonchev–Trinajstić information content (AvgIpc) is 2.32. The molecule has 18 heavy (non-hydrogen) atoms. The van der Waals surface area contributed by atoms with Crippen LogP contribution < -0.4 is 16.0 Å². The third kappa shape index (κ3) is 2.60. The lowest BCUT2D eigenvalue weighted by Gasteiger charge is -2.37. The molecule has 5 heteroatoms. The fraction of sp³-hybridized carbons (Fsp3) is 0.462. The van der Waals surface area contributed by atoms with Crippen LogP contribution in [0.3, 0.4) is 0 Å². The number of anilines is 1. The molecule has 1 fully saturated rings. The second-order valence-corrected chi connectivity index (χ2v) is 4.94. The molecule has 1 saturated heterocycles. The van der Waals surface area contributed by atoms with E-state index < -0.39 is 0 Å². The number of piperazine rings is 1. The van der Waals surface area contributed by atoms with Crippen LogP contribution in [0.2, 0.25) is 5.02 Å². The lowest BCUT2D eigenvalue weighted by Crippen LogP contribution is -2.56. The van der Waals surface area contributed by atoms with E-state index in [0.29, 0.717) is 24.5 Å². The van der Waals surface area contributed by atoms with Gasteiger partial charge in [0.05, 0.1) is 0 Å². The number of carbonyl (C=O) groups is 1. The van der Waals surface area contributed by atoms with E-state index in [-0.39, 0.29) is 11.9 Å². The average molecular weight is 268 g/mol. The van der Waals surface area contributed by atoms with Crippen LogP contribution in [0.4, 0.5) is 5.69 Å². The summed E-state index contributed by atoms with van der Waals surface area (Å²) in [6.07, 6.45) is 0.661. The van der Waals surface area contributed by atoms with E-state index in [1.807, 2.05) is 25.1 Å². The Kier molecular flexibility index (Phi) is 4.09. The molecule has 0 bridgehead atoms. The first-order chi connectivity index (χ1) is 8.63. The van der Waals surface area contributed by atoms with Crippen LogP contribution in [0.25, 0.3) is 0 Å². The molecule has 0 saturated carbocycles. The lowest BCUT2D eigenvalue weighted by molar-refractivity contribution is -0.123. The first kappa shape index (κ1) is 13.2. The summed E-state index contributed by atoms with van der Waals surface area (Å²) in [5, 5.41) is 3.60. The zero-order valence-electron chi connectivity index (χ0n) is 10.4. The molecule has 1 amide bonds. The summed E-state index contributed by atoms with van der Waals surface area (Å²) in [4.78, 5) is 14.0. The predicted octanol–water partition coefficient (Wildman–Crippen LogP) is 1.30. The smallest absolute Gasteiger partial charge is 0.242 e. The van der Waals surface area contributed by atoms with Gasteiger partial charge in [-0.05, 0) is 43.7 Å². The Balaban J connectivity index is 2.31. The first-order valence-corrected chi connectivity index (χ1v) is 6.52. The van der Waals surface area contributed by atoms with Crippen LogP contribution in [-0.2, 0) is 4.79 Å². The van der Waals surface area contributed by atoms with E-state index in [9.17, 15) is 4.79 Å². The van der Waals surface area contributed by atoms with Crippen molar-refractivity contribution < 1.29 is 4.79 Å². The Morgan fingerprint density at radius 1 is 1.56 bits per heavy atom. The van der Waals surface area contributed by atoms with Crippen molar-refractivity contribution in [3.63, 3.8) is 0 Å². The van der Waals surface area contributed by atoms with Gasteiger partial charge in [0, 0.05) is 23.8 Å². The maximum absolute atomic E-state index is 11.9. The number of nitrogens with zero attached hydrogens (tertiary/aromatic N) is 1. The van der Waals surface area contributed by atoms with Crippen LogP contribution in [0.15, 0.2) is 18.2 Å². The van der Waals surface area contributed by atoms with Gasteiger partial charge in [0.1, 0.15) is 6.04 Å². The number of halogens is 1. The van der Waals surface area contributed by atoms with Gasteiger partial charge in [-0.1, -0.05) is 11.6 Å². The molecule has 0 spiro atoms. The van der Waals surface area contributed by atoms with Gasteiger partial charge in [0.2, 0.25) is 5.91 Å². The number of amides is 1. The highest BCUT2D eigenvalue weighted by molar-refractivity contribution is 6.30. The molecule has 0 aromatic heterocycles. The van der Waals surface area contributed by atoms with Crippen molar-refractivity contribution >= 4 is 23.2 Å². The predicted molar refractivity (Wildman–Crippen MR) is 74.0 cm³/mol. The summed E-state index contributed by atoms with van der Waals surface area (Å²) >= 11 is 5.96. The molecule has 1 aromatic rings. The summed E-state index contributed by atoms with van der Waals surface area (Å²) in [6.45, 7) is 3.98. The number of rotatable bonds is 3. The maximum atomic E-state index is 11.9. The Hall–Kier alpha value is -1.26. The highest BCUT2D eigenvalue weighted by atomic mass is 35.5. The molecular weight excluding hydrogens is 250 g/mol. The molecule has 1 aliphatic heterocycles. The number of hydrogen-bond acceptors (Lipinski definition) is 3. The maximum Gasteiger partial charge on any atom is 0.242 e. The van der Waals surface area contributed by atoms with Gasteiger partial charge in [0.15, 0.2) is 0 Å². The van der Waals surface area contributed by atoms with Crippen LogP contribution >= 0.6 is 11.6 Å². The quantitative estimate of drug-likeness (QED) is 0.868. The summed E-state index contributed by atoms with van der Waals surface area (Å²) < 4.78 is 0. The van der Waals surface area contributed by atoms with Crippen LogP contribution in [0, 0.1) is 6.92 Å². The van der Waals surface area contributed by atoms with Gasteiger partial charge in [-0.3, -0.25) is 4.79 Å². The van der Waals surface area contributed by atoms with Gasteiger partial charge < -0.3 is 16.0 Å². The summed E-state index contributed by atoms with van der Waals surface area (Å²) in [6, 6.07) is 5.57. The van der Waals surface area contributed by atoms with Crippen molar-refractivity contribution in [1.29, 1.82) is 0 Å². The lowest BCUT2D eigenvalue weighted by atomic mass is 10.1. The molecule has 0 aliphatic carbocycles. The highest BCUT2D eigenvalue weighted by Gasteiger charge is 2.29. The SMILES string of the molecule is Cc1cc(Cl)ccc1N1CCNC(=O)C1CCN. The number of carbonyl (C=O) groups excluding carboxylic acids is 1. The molecule has 0 radical (unpaired) electrons. The van der Waals surface area contributed by atoms with Crippen LogP contribution in [0.1, 0.15) is 12.0 Å². The van der Waals surface area contributed by atoms with Gasteiger partial charge in [-0.15, -0.1) is 0 Å². The number of aryl methyl sites for hydroxylation is 1. The van der Waals surface area contributed by atoms with Gasteiger partial charge in [-0.2, -0.15) is 0 Å². The molecule has 1 heterocycles. The molecule has 1 unspecified atom stereocenters. The summed E-state index contributed by atoms with van der Waals surface area (Å²) in [7, 11) is 0. The molecule has 2 rings (SSSR count). The molecule has 1 aromatic carbocycles. The van der Waals surface area contributed by atoms with Crippen molar-refractivity contribution in [3.8, 4) is 0 Å². The van der Waals surface area contributed by atoms with Crippen LogP contribution in [0.5, 0.6) is 0 Å². The molecule has 3 N–H and O–H groups in total. The normalized spacial score (nSPS) is 19.8. The third-order valence-electron chi connectivity index (χ3n) is 3.24. The summed E-state index contributed by atoms with van der Waals surface area (Å²) in [5.41, 5.74) is 7.74. The number of benzene rings is 1. The van der Waals surface area contributed by atoms with Crippen molar-refractivity contribution in [1.82, 2.24) is 5.32 Å². The topological polar surface area (TPSA) is 58.4 Å². The standard InChI is InChI=1S/C13H18ClN3O/c1-9-8-10(14)2-3-11(9)17-7-6-16-13(18)12(17)4-5-15/h2-3,8,12H,4-7,15H2,1H3,(H,16,18). The van der Waals surface area contributed by atoms with Gasteiger partial charge in [-0.25, -0.2) is 0 Å². The zero-order valence-corrected chi connectivity index (χ0v) is 11.2. The van der Waals surface area contributed by atoms with Gasteiger partial charge in [0.25, 0.3) is 0 Å². The first-order valence-electron chi connectivity index (χ1n) is 6.14. The van der Waals surface area contributed by atoms with Crippen molar-refractivity contribution in [2.45, 2.75) is 19.4 Å². The molecule has 1 atom stereocenters. The molecule has 1 aliphatic rings. The van der Waals surface area contributed by atoms with Crippen molar-refractivity contribution in [2.75, 3.05) is 24.5 Å². The number of hydrogen-bond donors (Lipinski definition) is 2. The molecular formula is C13H18ClN3O. The minimum Gasteiger partial charge on any atom is -0.357 e. The largest absolute Gasteiger partial charge is 0.357 e.